The fraction of sp³-hybridized carbons (Fsp3) is 0.233. The lowest BCUT2D eigenvalue weighted by molar-refractivity contribution is -0.138. The number of amides is 3. The molecule has 1 fully saturated rings. The van der Waals surface area contributed by atoms with E-state index in [0.29, 0.717) is 30.6 Å². The number of benzene rings is 3. The number of para-hydroxylation sites is 1. The predicted molar refractivity (Wildman–Crippen MR) is 145 cm³/mol. The largest absolute Gasteiger partial charge is 0.465 e. The van der Waals surface area contributed by atoms with Crippen LogP contribution in [0.5, 0.6) is 0 Å². The summed E-state index contributed by atoms with van der Waals surface area (Å²) in [4.78, 5) is 43.3. The molecule has 2 heterocycles. The van der Waals surface area contributed by atoms with Crippen molar-refractivity contribution in [3.8, 4) is 11.3 Å². The molecule has 1 aliphatic carbocycles. The van der Waals surface area contributed by atoms with Crippen molar-refractivity contribution >= 4 is 34.5 Å². The number of hydrogen-bond acceptors (Lipinski definition) is 3. The number of aromatic nitrogens is 1. The van der Waals surface area contributed by atoms with Crippen molar-refractivity contribution in [1.29, 1.82) is 0 Å². The van der Waals surface area contributed by atoms with Gasteiger partial charge < -0.3 is 25.6 Å². The fourth-order valence-electron chi connectivity index (χ4n) is 5.82. The van der Waals surface area contributed by atoms with Gasteiger partial charge in [0.05, 0.1) is 0 Å². The maximum absolute atomic E-state index is 13.4. The molecule has 8 nitrogen and oxygen atoms in total. The van der Waals surface area contributed by atoms with Gasteiger partial charge in [-0.1, -0.05) is 54.6 Å². The number of likely N-dealkylation sites (tertiary alicyclic amines) is 1. The molecule has 4 aromatic rings. The van der Waals surface area contributed by atoms with E-state index in [4.69, 9.17) is 0 Å². The van der Waals surface area contributed by atoms with Crippen LogP contribution >= 0.6 is 0 Å². The third kappa shape index (κ3) is 4.28. The van der Waals surface area contributed by atoms with Gasteiger partial charge in [-0.25, -0.2) is 4.79 Å². The maximum Gasteiger partial charge on any atom is 0.405 e. The van der Waals surface area contributed by atoms with Crippen LogP contribution in [-0.2, 0) is 22.4 Å². The third-order valence-electron chi connectivity index (χ3n) is 7.59. The number of H-pyrrole nitrogens is 1. The number of nitrogens with zero attached hydrogens (tertiary/aromatic N) is 1. The maximum atomic E-state index is 13.4. The molecule has 8 heteroatoms. The summed E-state index contributed by atoms with van der Waals surface area (Å²) in [5, 5.41) is 15.9. The topological polar surface area (TPSA) is 115 Å². The third-order valence-corrected chi connectivity index (χ3v) is 7.59. The molecule has 4 N–H and O–H groups in total. The molecule has 0 radical (unpaired) electrons. The van der Waals surface area contributed by atoms with Gasteiger partial charge >= 0.3 is 6.09 Å². The van der Waals surface area contributed by atoms with Gasteiger partial charge in [-0.05, 0) is 60.6 Å². The summed E-state index contributed by atoms with van der Waals surface area (Å²) in [5.74, 6) is -0.687. The Morgan fingerprint density at radius 3 is 2.58 bits per heavy atom. The molecule has 1 aliphatic heterocycles. The monoisotopic (exact) mass is 508 g/mol. The highest BCUT2D eigenvalue weighted by Gasteiger charge is 2.38. The summed E-state index contributed by atoms with van der Waals surface area (Å²) in [7, 11) is 0. The zero-order valence-corrected chi connectivity index (χ0v) is 20.7. The molecule has 192 valence electrons. The predicted octanol–water partition coefficient (Wildman–Crippen LogP) is 4.87. The SMILES string of the molecule is O=C(O)N[C@@H](C(=O)N1CCC[C@H]1C(=O)Nc1ccc2c(c1)CCc1c-2[nH]c2ccccc12)c1ccccc1. The van der Waals surface area contributed by atoms with E-state index < -0.39 is 24.1 Å². The van der Waals surface area contributed by atoms with Crippen molar-refractivity contribution in [2.75, 3.05) is 11.9 Å². The lowest BCUT2D eigenvalue weighted by Crippen LogP contribution is -2.48. The number of nitrogens with one attached hydrogen (secondary N) is 3. The van der Waals surface area contributed by atoms with Crippen LogP contribution in [-0.4, -0.2) is 45.5 Å². The second-order valence-electron chi connectivity index (χ2n) is 9.87. The number of carboxylic acid groups (broad SMARTS) is 1. The summed E-state index contributed by atoms with van der Waals surface area (Å²) < 4.78 is 0. The number of aromatic amines is 1. The van der Waals surface area contributed by atoms with Crippen molar-refractivity contribution in [1.82, 2.24) is 15.2 Å². The Morgan fingerprint density at radius 2 is 1.76 bits per heavy atom. The van der Waals surface area contributed by atoms with Gasteiger partial charge in [-0.3, -0.25) is 9.59 Å². The first-order chi connectivity index (χ1) is 18.5. The van der Waals surface area contributed by atoms with E-state index >= 15 is 0 Å². The van der Waals surface area contributed by atoms with E-state index in [2.05, 4.69) is 33.8 Å². The molecule has 0 saturated carbocycles. The average Bonchev–Trinajstić information content (AvgIpc) is 3.57. The van der Waals surface area contributed by atoms with Gasteiger partial charge in [0.1, 0.15) is 12.1 Å². The van der Waals surface area contributed by atoms with E-state index in [1.807, 2.05) is 24.3 Å². The molecule has 3 amide bonds. The summed E-state index contributed by atoms with van der Waals surface area (Å²) >= 11 is 0. The van der Waals surface area contributed by atoms with E-state index in [-0.39, 0.29) is 5.91 Å². The summed E-state index contributed by atoms with van der Waals surface area (Å²) in [6.45, 7) is 0.398. The normalized spacial score (nSPS) is 16.9. The van der Waals surface area contributed by atoms with E-state index in [1.54, 1.807) is 30.3 Å². The van der Waals surface area contributed by atoms with Crippen LogP contribution in [0.2, 0.25) is 0 Å². The molecule has 2 aliphatic rings. The Balaban J connectivity index is 1.21. The molecule has 1 aromatic heterocycles. The number of aryl methyl sites for hydroxylation is 2. The molecule has 3 aromatic carbocycles. The quantitative estimate of drug-likeness (QED) is 0.308. The lowest BCUT2D eigenvalue weighted by atomic mass is 9.88. The van der Waals surface area contributed by atoms with Crippen LogP contribution in [0.3, 0.4) is 0 Å². The number of anilines is 1. The van der Waals surface area contributed by atoms with Gasteiger partial charge in [0.15, 0.2) is 0 Å². The van der Waals surface area contributed by atoms with E-state index in [0.717, 1.165) is 35.2 Å². The molecule has 2 atom stereocenters. The average molecular weight is 509 g/mol. The minimum Gasteiger partial charge on any atom is -0.465 e. The fourth-order valence-corrected chi connectivity index (χ4v) is 5.82. The van der Waals surface area contributed by atoms with Crippen molar-refractivity contribution < 1.29 is 19.5 Å². The Hall–Kier alpha value is -4.59. The Labute approximate surface area is 219 Å². The number of hydrogen-bond donors (Lipinski definition) is 4. The van der Waals surface area contributed by atoms with Crippen LogP contribution in [0.1, 0.15) is 35.6 Å². The van der Waals surface area contributed by atoms with Crippen LogP contribution in [0.15, 0.2) is 72.8 Å². The molecule has 0 spiro atoms. The number of fused-ring (bicyclic) bond motifs is 5. The van der Waals surface area contributed by atoms with Gasteiger partial charge in [-0.2, -0.15) is 0 Å². The number of carbonyl (C=O) groups is 3. The molecule has 1 saturated heterocycles. The van der Waals surface area contributed by atoms with Gasteiger partial charge in [0.25, 0.3) is 5.91 Å². The van der Waals surface area contributed by atoms with E-state index in [9.17, 15) is 19.5 Å². The summed E-state index contributed by atoms with van der Waals surface area (Å²) in [5.41, 5.74) is 7.12. The first kappa shape index (κ1) is 23.8. The molecular weight excluding hydrogens is 480 g/mol. The number of rotatable bonds is 5. The minimum atomic E-state index is -1.29. The second-order valence-corrected chi connectivity index (χ2v) is 9.87. The van der Waals surface area contributed by atoms with Crippen LogP contribution in [0, 0.1) is 0 Å². The van der Waals surface area contributed by atoms with Crippen LogP contribution < -0.4 is 10.6 Å². The Kier molecular flexibility index (Phi) is 6.07. The summed E-state index contributed by atoms with van der Waals surface area (Å²) in [6.07, 6.45) is 1.70. The highest BCUT2D eigenvalue weighted by molar-refractivity contribution is 5.99. The second kappa shape index (κ2) is 9.70. The van der Waals surface area contributed by atoms with Crippen LogP contribution in [0.25, 0.3) is 22.2 Å². The van der Waals surface area contributed by atoms with Gasteiger partial charge in [0.2, 0.25) is 5.91 Å². The molecule has 38 heavy (non-hydrogen) atoms. The first-order valence-electron chi connectivity index (χ1n) is 12.9. The molecule has 0 bridgehead atoms. The lowest BCUT2D eigenvalue weighted by Gasteiger charge is -2.28. The number of carbonyl (C=O) groups excluding carboxylic acids is 2. The minimum absolute atomic E-state index is 0.264. The zero-order chi connectivity index (χ0) is 26.2. The van der Waals surface area contributed by atoms with Crippen molar-refractivity contribution in [2.45, 2.75) is 37.8 Å². The Morgan fingerprint density at radius 1 is 0.974 bits per heavy atom. The summed E-state index contributed by atoms with van der Waals surface area (Å²) in [6, 6.07) is 21.2. The molecule has 6 rings (SSSR count). The first-order valence-corrected chi connectivity index (χ1v) is 12.9. The molecule has 0 unspecified atom stereocenters. The van der Waals surface area contributed by atoms with Crippen molar-refractivity contribution in [3.63, 3.8) is 0 Å². The van der Waals surface area contributed by atoms with Crippen molar-refractivity contribution in [3.05, 3.63) is 89.5 Å². The van der Waals surface area contributed by atoms with Crippen LogP contribution in [0.4, 0.5) is 10.5 Å². The molecular formula is C30H28N4O4. The van der Waals surface area contributed by atoms with Crippen molar-refractivity contribution in [2.24, 2.45) is 0 Å². The standard InChI is InChI=1S/C30H28N4O4/c35-28(25-11-6-16-34(25)29(36)26(33-30(37)38)18-7-2-1-3-8-18)31-20-13-15-21-19(17-20)12-14-23-22-9-4-5-10-24(22)32-27(21)23/h1-5,7-10,13,15,17,25-26,32-33H,6,11-12,14,16H2,(H,31,35)(H,37,38)/t25-,26+/m0/s1. The smallest absolute Gasteiger partial charge is 0.405 e. The highest BCUT2D eigenvalue weighted by atomic mass is 16.4. The zero-order valence-electron chi connectivity index (χ0n) is 20.7. The Bertz CT molecular complexity index is 1540. The van der Waals surface area contributed by atoms with Gasteiger partial charge in [-0.15, -0.1) is 0 Å². The highest BCUT2D eigenvalue weighted by Crippen LogP contribution is 2.38. The van der Waals surface area contributed by atoms with E-state index in [1.165, 1.54) is 15.8 Å². The van der Waals surface area contributed by atoms with Gasteiger partial charge in [0, 0.05) is 34.4 Å².